The van der Waals surface area contributed by atoms with E-state index in [2.05, 4.69) is 44.0 Å². The van der Waals surface area contributed by atoms with Gasteiger partial charge in [-0.2, -0.15) is 0 Å². The smallest absolute Gasteiger partial charge is 0.0910 e. The zero-order valence-electron chi connectivity index (χ0n) is 16.3. The molecule has 0 N–H and O–H groups in total. The number of aryl methyl sites for hydroxylation is 2. The molecule has 0 saturated heterocycles. The number of hydrogen-bond acceptors (Lipinski definition) is 5. The molecule has 3 rings (SSSR count). The highest BCUT2D eigenvalue weighted by molar-refractivity contribution is 5.67. The van der Waals surface area contributed by atoms with Gasteiger partial charge in [-0.05, 0) is 50.2 Å². The van der Waals surface area contributed by atoms with Crippen molar-refractivity contribution in [2.45, 2.75) is 13.8 Å². The van der Waals surface area contributed by atoms with Crippen LogP contribution in [0, 0.1) is 13.8 Å². The molecule has 0 spiro atoms. The van der Waals surface area contributed by atoms with Gasteiger partial charge in [-0.3, -0.25) is 9.97 Å². The van der Waals surface area contributed by atoms with Gasteiger partial charge in [-0.15, -0.1) is 0 Å². The minimum Gasteiger partial charge on any atom is -0.378 e. The van der Waals surface area contributed by atoms with E-state index < -0.39 is 0 Å². The first-order valence-corrected chi connectivity index (χ1v) is 8.63. The molecule has 5 nitrogen and oxygen atoms in total. The summed E-state index contributed by atoms with van der Waals surface area (Å²) in [6.07, 6.45) is 0. The minimum absolute atomic E-state index is 0.851. The van der Waals surface area contributed by atoms with Crippen LogP contribution < -0.4 is 9.80 Å². The molecule has 26 heavy (non-hydrogen) atoms. The summed E-state index contributed by atoms with van der Waals surface area (Å²) in [5.74, 6) is 0. The molecular formula is C21H25N5. The Bertz CT molecular complexity index is 859. The van der Waals surface area contributed by atoms with E-state index in [-0.39, 0.29) is 0 Å². The van der Waals surface area contributed by atoms with E-state index in [4.69, 9.17) is 4.98 Å². The third kappa shape index (κ3) is 3.82. The lowest BCUT2D eigenvalue weighted by atomic mass is 10.1. The number of nitrogens with zero attached hydrogens (tertiary/aromatic N) is 5. The third-order valence-corrected chi connectivity index (χ3v) is 4.18. The van der Waals surface area contributed by atoms with Crippen molar-refractivity contribution in [3.63, 3.8) is 0 Å². The van der Waals surface area contributed by atoms with Crippen LogP contribution in [-0.2, 0) is 0 Å². The molecule has 0 bridgehead atoms. The highest BCUT2D eigenvalue weighted by Gasteiger charge is 2.10. The molecule has 3 aromatic rings. The normalized spacial score (nSPS) is 10.7. The minimum atomic E-state index is 0.851. The summed E-state index contributed by atoms with van der Waals surface area (Å²) in [6.45, 7) is 4.01. The van der Waals surface area contributed by atoms with Gasteiger partial charge in [0.05, 0.1) is 22.8 Å². The van der Waals surface area contributed by atoms with E-state index in [0.29, 0.717) is 0 Å². The van der Waals surface area contributed by atoms with Crippen LogP contribution in [0.25, 0.3) is 22.8 Å². The Morgan fingerprint density at radius 1 is 0.577 bits per heavy atom. The summed E-state index contributed by atoms with van der Waals surface area (Å²) in [5, 5.41) is 0. The lowest BCUT2D eigenvalue weighted by Gasteiger charge is -2.15. The van der Waals surface area contributed by atoms with Crippen molar-refractivity contribution < 1.29 is 0 Å². The first kappa shape index (κ1) is 17.9. The van der Waals surface area contributed by atoms with Gasteiger partial charge in [0.1, 0.15) is 0 Å². The largest absolute Gasteiger partial charge is 0.378 e. The maximum absolute atomic E-state index is 4.83. The molecule has 0 fully saturated rings. The summed E-state index contributed by atoms with van der Waals surface area (Å²) < 4.78 is 0. The van der Waals surface area contributed by atoms with Gasteiger partial charge in [0.25, 0.3) is 0 Å². The molecule has 0 amide bonds. The predicted molar refractivity (Wildman–Crippen MR) is 109 cm³/mol. The van der Waals surface area contributed by atoms with Crippen LogP contribution >= 0.6 is 0 Å². The lowest BCUT2D eigenvalue weighted by molar-refractivity contribution is 1.09. The van der Waals surface area contributed by atoms with Gasteiger partial charge < -0.3 is 9.80 Å². The lowest BCUT2D eigenvalue weighted by Crippen LogP contribution is -2.10. The molecule has 5 heteroatoms. The Balaban J connectivity index is 2.07. The first-order chi connectivity index (χ1) is 12.3. The van der Waals surface area contributed by atoms with Crippen LogP contribution in [0.1, 0.15) is 11.4 Å². The number of rotatable bonds is 4. The zero-order chi connectivity index (χ0) is 18.8. The molecule has 3 aromatic heterocycles. The summed E-state index contributed by atoms with van der Waals surface area (Å²) in [4.78, 5) is 18.3. The molecule has 0 aliphatic heterocycles. The average molecular weight is 347 g/mol. The van der Waals surface area contributed by atoms with E-state index in [1.807, 2.05) is 60.2 Å². The molecule has 0 aliphatic rings. The van der Waals surface area contributed by atoms with Crippen molar-refractivity contribution in [3.05, 3.63) is 53.9 Å². The second-order valence-corrected chi connectivity index (χ2v) is 6.90. The SMILES string of the molecule is Cc1cc(N(C)C)cc(-c2cccc(-c3cc(N(C)C)cc(C)n3)n2)n1. The summed E-state index contributed by atoms with van der Waals surface area (Å²) in [7, 11) is 8.12. The highest BCUT2D eigenvalue weighted by atomic mass is 15.1. The van der Waals surface area contributed by atoms with Gasteiger partial charge in [-0.1, -0.05) is 6.07 Å². The third-order valence-electron chi connectivity index (χ3n) is 4.18. The van der Waals surface area contributed by atoms with Crippen LogP contribution in [0.3, 0.4) is 0 Å². The Kier molecular flexibility index (Phi) is 4.89. The van der Waals surface area contributed by atoms with Crippen LogP contribution in [0.2, 0.25) is 0 Å². The Morgan fingerprint density at radius 2 is 1.00 bits per heavy atom. The Morgan fingerprint density at radius 3 is 1.38 bits per heavy atom. The highest BCUT2D eigenvalue weighted by Crippen LogP contribution is 2.26. The van der Waals surface area contributed by atoms with E-state index in [9.17, 15) is 0 Å². The van der Waals surface area contributed by atoms with Crippen molar-refractivity contribution in [2.24, 2.45) is 0 Å². The fourth-order valence-electron chi connectivity index (χ4n) is 2.80. The molecule has 0 unspecified atom stereocenters. The van der Waals surface area contributed by atoms with Crippen molar-refractivity contribution >= 4 is 11.4 Å². The van der Waals surface area contributed by atoms with E-state index in [0.717, 1.165) is 45.5 Å². The first-order valence-electron chi connectivity index (χ1n) is 8.63. The fraction of sp³-hybridized carbons (Fsp3) is 0.286. The topological polar surface area (TPSA) is 45.2 Å². The molecular weight excluding hydrogens is 322 g/mol. The van der Waals surface area contributed by atoms with Crippen LogP contribution in [0.15, 0.2) is 42.5 Å². The number of aromatic nitrogens is 3. The van der Waals surface area contributed by atoms with E-state index >= 15 is 0 Å². The molecule has 0 aromatic carbocycles. The second kappa shape index (κ2) is 7.12. The number of pyridine rings is 3. The summed E-state index contributed by atoms with van der Waals surface area (Å²) in [5.41, 5.74) is 7.62. The van der Waals surface area contributed by atoms with Gasteiger partial charge in [0.2, 0.25) is 0 Å². The maximum atomic E-state index is 4.83. The monoisotopic (exact) mass is 347 g/mol. The Labute approximate surface area is 155 Å². The van der Waals surface area contributed by atoms with Gasteiger partial charge in [0.15, 0.2) is 0 Å². The van der Waals surface area contributed by atoms with Crippen molar-refractivity contribution in [1.29, 1.82) is 0 Å². The molecule has 0 aliphatic carbocycles. The van der Waals surface area contributed by atoms with Crippen LogP contribution in [0.5, 0.6) is 0 Å². The quantitative estimate of drug-likeness (QED) is 0.715. The van der Waals surface area contributed by atoms with Crippen molar-refractivity contribution in [3.8, 4) is 22.8 Å². The standard InChI is InChI=1S/C21H25N5/c1-14-10-16(25(3)4)12-20(22-14)18-8-7-9-19(24-18)21-13-17(26(5)6)11-15(2)23-21/h7-13H,1-6H3. The predicted octanol–water partition coefficient (Wildman–Crippen LogP) is 3.95. The van der Waals surface area contributed by atoms with E-state index in [1.165, 1.54) is 0 Å². The molecule has 0 saturated carbocycles. The summed E-state index contributed by atoms with van der Waals surface area (Å²) in [6, 6.07) is 14.3. The molecule has 3 heterocycles. The van der Waals surface area contributed by atoms with Crippen molar-refractivity contribution in [2.75, 3.05) is 38.0 Å². The zero-order valence-corrected chi connectivity index (χ0v) is 16.3. The fourth-order valence-corrected chi connectivity index (χ4v) is 2.80. The van der Waals surface area contributed by atoms with Gasteiger partial charge in [-0.25, -0.2) is 4.98 Å². The van der Waals surface area contributed by atoms with Crippen LogP contribution in [0.4, 0.5) is 11.4 Å². The molecule has 134 valence electrons. The number of anilines is 2. The van der Waals surface area contributed by atoms with Gasteiger partial charge >= 0.3 is 0 Å². The second-order valence-electron chi connectivity index (χ2n) is 6.90. The average Bonchev–Trinajstić information content (AvgIpc) is 2.60. The Hall–Kier alpha value is -2.95. The number of hydrogen-bond donors (Lipinski definition) is 0. The van der Waals surface area contributed by atoms with E-state index in [1.54, 1.807) is 0 Å². The maximum Gasteiger partial charge on any atom is 0.0910 e. The summed E-state index contributed by atoms with van der Waals surface area (Å²) >= 11 is 0. The molecule has 0 radical (unpaired) electrons. The van der Waals surface area contributed by atoms with Gasteiger partial charge in [0, 0.05) is 51.0 Å². The van der Waals surface area contributed by atoms with Crippen LogP contribution in [-0.4, -0.2) is 43.1 Å². The van der Waals surface area contributed by atoms with Crippen molar-refractivity contribution in [1.82, 2.24) is 15.0 Å². The molecule has 0 atom stereocenters.